The van der Waals surface area contributed by atoms with Crippen molar-refractivity contribution >= 4 is 58.3 Å². The third kappa shape index (κ3) is 4.02. The summed E-state index contributed by atoms with van der Waals surface area (Å²) in [5.41, 5.74) is 4.20. The zero-order chi connectivity index (χ0) is 13.8. The van der Waals surface area contributed by atoms with E-state index in [4.69, 9.17) is 46.4 Å². The highest BCUT2D eigenvalue weighted by Crippen LogP contribution is 2.33. The largest absolute Gasteiger partial charge is 0.275 e. The molecular formula is C13H8Cl4N2. The fraction of sp³-hybridized carbons (Fsp3) is 0. The predicted molar refractivity (Wildman–Crippen MR) is 84.1 cm³/mol. The monoisotopic (exact) mass is 332 g/mol. The third-order valence-electron chi connectivity index (χ3n) is 2.27. The molecule has 1 N–H and O–H groups in total. The van der Waals surface area contributed by atoms with Crippen molar-refractivity contribution in [3.8, 4) is 0 Å². The molecule has 0 bridgehead atoms. The molecule has 0 aliphatic heterocycles. The number of hydrogen-bond donors (Lipinski definition) is 1. The van der Waals surface area contributed by atoms with E-state index in [1.54, 1.807) is 30.5 Å². The average Bonchev–Trinajstić information content (AvgIpc) is 2.34. The Morgan fingerprint density at radius 1 is 0.842 bits per heavy atom. The van der Waals surface area contributed by atoms with Crippen LogP contribution in [0.5, 0.6) is 0 Å². The fourth-order valence-electron chi connectivity index (χ4n) is 1.37. The summed E-state index contributed by atoms with van der Waals surface area (Å²) in [6.07, 6.45) is 1.64. The number of hydrogen-bond acceptors (Lipinski definition) is 2. The van der Waals surface area contributed by atoms with Crippen LogP contribution in [0, 0.1) is 0 Å². The van der Waals surface area contributed by atoms with Crippen LogP contribution in [0.4, 0.5) is 5.69 Å². The van der Waals surface area contributed by atoms with Gasteiger partial charge in [0.2, 0.25) is 0 Å². The van der Waals surface area contributed by atoms with Crippen molar-refractivity contribution in [1.29, 1.82) is 0 Å². The van der Waals surface area contributed by atoms with Crippen LogP contribution >= 0.6 is 46.4 Å². The lowest BCUT2D eigenvalue weighted by Crippen LogP contribution is -1.92. The van der Waals surface area contributed by atoms with Gasteiger partial charge in [-0.25, -0.2) is 0 Å². The van der Waals surface area contributed by atoms with Gasteiger partial charge in [-0.15, -0.1) is 0 Å². The van der Waals surface area contributed by atoms with E-state index in [0.717, 1.165) is 5.56 Å². The van der Waals surface area contributed by atoms with Crippen LogP contribution in [0.1, 0.15) is 5.56 Å². The average molecular weight is 334 g/mol. The molecule has 0 amide bonds. The molecule has 0 aliphatic carbocycles. The highest BCUT2D eigenvalue weighted by molar-refractivity contribution is 6.41. The molecular weight excluding hydrogens is 326 g/mol. The zero-order valence-electron chi connectivity index (χ0n) is 9.50. The van der Waals surface area contributed by atoms with Gasteiger partial charge in [0.15, 0.2) is 0 Å². The Morgan fingerprint density at radius 2 is 1.42 bits per heavy atom. The number of rotatable bonds is 3. The lowest BCUT2D eigenvalue weighted by atomic mass is 10.2. The van der Waals surface area contributed by atoms with Gasteiger partial charge in [0.25, 0.3) is 0 Å². The lowest BCUT2D eigenvalue weighted by Gasteiger charge is -2.06. The first-order valence-corrected chi connectivity index (χ1v) is 6.76. The standard InChI is InChI=1S/C13H8Cl4N2/c14-9-3-1-8(2-4-9)7-18-19-13-11(16)5-10(15)6-12(13)17/h1-7,19H. The summed E-state index contributed by atoms with van der Waals surface area (Å²) in [5, 5.41) is 6.03. The highest BCUT2D eigenvalue weighted by Gasteiger charge is 2.06. The van der Waals surface area contributed by atoms with Crippen LogP contribution in [-0.4, -0.2) is 6.21 Å². The van der Waals surface area contributed by atoms with E-state index < -0.39 is 0 Å². The molecule has 98 valence electrons. The summed E-state index contributed by atoms with van der Waals surface area (Å²) in [7, 11) is 0. The topological polar surface area (TPSA) is 24.4 Å². The third-order valence-corrected chi connectivity index (χ3v) is 3.33. The number of hydrazone groups is 1. The quantitative estimate of drug-likeness (QED) is 0.561. The van der Waals surface area contributed by atoms with Crippen LogP contribution < -0.4 is 5.43 Å². The van der Waals surface area contributed by atoms with Gasteiger partial charge in [-0.2, -0.15) is 5.10 Å². The molecule has 0 saturated heterocycles. The number of halogens is 4. The Kier molecular flexibility index (Phi) is 4.94. The second-order valence-corrected chi connectivity index (χ2v) is 5.35. The minimum atomic E-state index is 0.408. The normalized spacial score (nSPS) is 10.9. The van der Waals surface area contributed by atoms with Crippen LogP contribution in [0.15, 0.2) is 41.5 Å². The summed E-state index contributed by atoms with van der Waals surface area (Å²) >= 11 is 23.6. The molecule has 0 heterocycles. The Morgan fingerprint density at radius 3 is 2.00 bits per heavy atom. The number of nitrogens with one attached hydrogen (secondary N) is 1. The summed E-state index contributed by atoms with van der Waals surface area (Å²) in [6.45, 7) is 0. The lowest BCUT2D eigenvalue weighted by molar-refractivity contribution is 1.35. The smallest absolute Gasteiger partial charge is 0.0935 e. The molecule has 0 aliphatic rings. The maximum Gasteiger partial charge on any atom is 0.0935 e. The van der Waals surface area contributed by atoms with E-state index >= 15 is 0 Å². The van der Waals surface area contributed by atoms with Gasteiger partial charge in [-0.3, -0.25) is 5.43 Å². The van der Waals surface area contributed by atoms with Gasteiger partial charge in [0.05, 0.1) is 21.9 Å². The molecule has 0 unspecified atom stereocenters. The van der Waals surface area contributed by atoms with Crippen molar-refractivity contribution in [3.63, 3.8) is 0 Å². The predicted octanol–water partition coefficient (Wildman–Crippen LogP) is 5.75. The molecule has 0 saturated carbocycles. The first-order valence-electron chi connectivity index (χ1n) is 5.25. The van der Waals surface area contributed by atoms with Gasteiger partial charge in [0, 0.05) is 10.0 Å². The summed E-state index contributed by atoms with van der Waals surface area (Å²) in [4.78, 5) is 0. The Balaban J connectivity index is 2.12. The van der Waals surface area contributed by atoms with Gasteiger partial charge >= 0.3 is 0 Å². The summed E-state index contributed by atoms with van der Waals surface area (Å²) in [6, 6.07) is 10.4. The Bertz CT molecular complexity index is 586. The van der Waals surface area contributed by atoms with Gasteiger partial charge < -0.3 is 0 Å². The molecule has 0 aromatic heterocycles. The van der Waals surface area contributed by atoms with Crippen molar-refractivity contribution in [2.75, 3.05) is 5.43 Å². The molecule has 19 heavy (non-hydrogen) atoms. The van der Waals surface area contributed by atoms with E-state index in [1.807, 2.05) is 12.1 Å². The molecule has 0 fully saturated rings. The SMILES string of the molecule is Clc1ccc(C=NNc2c(Cl)cc(Cl)cc2Cl)cc1. The molecule has 6 heteroatoms. The first-order chi connectivity index (χ1) is 9.06. The highest BCUT2D eigenvalue weighted by atomic mass is 35.5. The molecule has 2 aromatic rings. The van der Waals surface area contributed by atoms with Gasteiger partial charge in [-0.05, 0) is 29.8 Å². The molecule has 0 radical (unpaired) electrons. The van der Waals surface area contributed by atoms with Crippen LogP contribution in [0.25, 0.3) is 0 Å². The summed E-state index contributed by atoms with van der Waals surface area (Å²) < 4.78 is 0. The second-order valence-electron chi connectivity index (χ2n) is 3.67. The van der Waals surface area contributed by atoms with E-state index in [-0.39, 0.29) is 0 Å². The molecule has 2 nitrogen and oxygen atoms in total. The van der Waals surface area contributed by atoms with E-state index in [9.17, 15) is 0 Å². The van der Waals surface area contributed by atoms with Crippen molar-refractivity contribution in [2.24, 2.45) is 5.10 Å². The van der Waals surface area contributed by atoms with E-state index in [2.05, 4.69) is 10.5 Å². The zero-order valence-corrected chi connectivity index (χ0v) is 12.5. The number of anilines is 1. The first kappa shape index (κ1) is 14.5. The Labute approximate surface area is 130 Å². The van der Waals surface area contributed by atoms with Gasteiger partial charge in [-0.1, -0.05) is 58.5 Å². The van der Waals surface area contributed by atoms with Gasteiger partial charge in [0.1, 0.15) is 0 Å². The van der Waals surface area contributed by atoms with Crippen LogP contribution in [-0.2, 0) is 0 Å². The fourth-order valence-corrected chi connectivity index (χ4v) is 2.40. The maximum atomic E-state index is 6.01. The molecule has 2 rings (SSSR count). The number of benzene rings is 2. The molecule has 2 aromatic carbocycles. The van der Waals surface area contributed by atoms with Crippen molar-refractivity contribution in [2.45, 2.75) is 0 Å². The minimum absolute atomic E-state index is 0.408. The van der Waals surface area contributed by atoms with Crippen LogP contribution in [0.2, 0.25) is 20.1 Å². The summed E-state index contributed by atoms with van der Waals surface area (Å²) in [5.74, 6) is 0. The van der Waals surface area contributed by atoms with Crippen molar-refractivity contribution in [1.82, 2.24) is 0 Å². The van der Waals surface area contributed by atoms with Crippen molar-refractivity contribution in [3.05, 3.63) is 62.1 Å². The van der Waals surface area contributed by atoms with E-state index in [0.29, 0.717) is 25.8 Å². The van der Waals surface area contributed by atoms with Crippen LogP contribution in [0.3, 0.4) is 0 Å². The second kappa shape index (κ2) is 6.49. The number of nitrogens with zero attached hydrogens (tertiary/aromatic N) is 1. The molecule has 0 atom stereocenters. The minimum Gasteiger partial charge on any atom is -0.275 e. The Hall–Kier alpha value is -0.930. The van der Waals surface area contributed by atoms with Crippen molar-refractivity contribution < 1.29 is 0 Å². The van der Waals surface area contributed by atoms with E-state index in [1.165, 1.54) is 0 Å². The maximum absolute atomic E-state index is 6.01. The molecule has 0 spiro atoms.